The molecule has 0 aliphatic carbocycles. The highest BCUT2D eigenvalue weighted by molar-refractivity contribution is 7.99. The van der Waals surface area contributed by atoms with E-state index in [0.29, 0.717) is 0 Å². The number of thioether (sulfide) groups is 2. The van der Waals surface area contributed by atoms with E-state index in [1.807, 2.05) is 23.5 Å². The van der Waals surface area contributed by atoms with Crippen LogP contribution in [0.4, 0.5) is 0 Å². The summed E-state index contributed by atoms with van der Waals surface area (Å²) in [4.78, 5) is 0. The topological polar surface area (TPSA) is 0 Å². The van der Waals surface area contributed by atoms with E-state index in [4.69, 9.17) is 0 Å². The fraction of sp³-hybridized carbons (Fsp3) is 0.217. The largest absolute Gasteiger partial charge is 0.157 e. The first kappa shape index (κ1) is 16.8. The van der Waals surface area contributed by atoms with Crippen LogP contribution in [0.3, 0.4) is 0 Å². The Hall–Kier alpha value is -1.64. The summed E-state index contributed by atoms with van der Waals surface area (Å²) in [6.07, 6.45) is 1.29. The van der Waals surface area contributed by atoms with Crippen LogP contribution in [0, 0.1) is 0 Å². The molecule has 0 unspecified atom stereocenters. The van der Waals surface area contributed by atoms with Crippen LogP contribution in [0.5, 0.6) is 0 Å². The summed E-state index contributed by atoms with van der Waals surface area (Å²) in [5.74, 6) is 4.72. The molecular weight excluding hydrogens is 340 g/mol. The molecule has 3 aromatic carbocycles. The molecule has 0 aromatic heterocycles. The predicted octanol–water partition coefficient (Wildman–Crippen LogP) is 6.89. The smallest absolute Gasteiger partial charge is 0.0184 e. The maximum Gasteiger partial charge on any atom is 0.0184 e. The maximum atomic E-state index is 2.29. The van der Waals surface area contributed by atoms with Crippen molar-refractivity contribution in [3.05, 3.63) is 83.9 Å². The second kappa shape index (κ2) is 8.16. The lowest BCUT2D eigenvalue weighted by molar-refractivity contribution is 1.12. The molecular formula is C23H22S2. The number of fused-ring (bicyclic) bond motifs is 2. The molecule has 0 amide bonds. The van der Waals surface area contributed by atoms with E-state index in [0.717, 1.165) is 11.5 Å². The van der Waals surface area contributed by atoms with Crippen LogP contribution in [0.2, 0.25) is 0 Å². The Labute approximate surface area is 159 Å². The Morgan fingerprint density at radius 2 is 0.960 bits per heavy atom. The van der Waals surface area contributed by atoms with Crippen LogP contribution >= 0.6 is 23.5 Å². The van der Waals surface area contributed by atoms with Crippen molar-refractivity contribution in [1.29, 1.82) is 0 Å². The van der Waals surface area contributed by atoms with Crippen molar-refractivity contribution in [3.8, 4) is 22.3 Å². The van der Waals surface area contributed by atoms with Crippen molar-refractivity contribution in [3.63, 3.8) is 0 Å². The van der Waals surface area contributed by atoms with Gasteiger partial charge in [-0.05, 0) is 51.3 Å². The minimum absolute atomic E-state index is 1.12. The molecule has 4 bridgehead atoms. The van der Waals surface area contributed by atoms with Crippen LogP contribution in [-0.4, -0.2) is 11.5 Å². The molecule has 0 radical (unpaired) electrons. The van der Waals surface area contributed by atoms with E-state index >= 15 is 0 Å². The molecule has 0 fully saturated rings. The van der Waals surface area contributed by atoms with Gasteiger partial charge in [0.05, 0.1) is 0 Å². The zero-order valence-electron chi connectivity index (χ0n) is 14.3. The third kappa shape index (κ3) is 4.13. The summed E-state index contributed by atoms with van der Waals surface area (Å²) in [5, 5.41) is 0. The van der Waals surface area contributed by atoms with Gasteiger partial charge in [0, 0.05) is 11.5 Å². The number of hydrogen-bond donors (Lipinski definition) is 0. The van der Waals surface area contributed by atoms with Crippen molar-refractivity contribution < 1.29 is 0 Å². The molecule has 0 saturated heterocycles. The zero-order valence-corrected chi connectivity index (χ0v) is 15.9. The van der Waals surface area contributed by atoms with Crippen LogP contribution in [-0.2, 0) is 11.5 Å². The summed E-state index contributed by atoms with van der Waals surface area (Å²) in [6, 6.07) is 27.0. The van der Waals surface area contributed by atoms with Gasteiger partial charge in [-0.25, -0.2) is 0 Å². The maximum absolute atomic E-state index is 2.29. The van der Waals surface area contributed by atoms with E-state index in [1.54, 1.807) is 0 Å². The van der Waals surface area contributed by atoms with E-state index in [1.165, 1.54) is 51.3 Å². The van der Waals surface area contributed by atoms with Crippen molar-refractivity contribution in [1.82, 2.24) is 0 Å². The van der Waals surface area contributed by atoms with Crippen molar-refractivity contribution in [2.75, 3.05) is 11.5 Å². The van der Waals surface area contributed by atoms with Gasteiger partial charge < -0.3 is 0 Å². The summed E-state index contributed by atoms with van der Waals surface area (Å²) < 4.78 is 0. The molecule has 25 heavy (non-hydrogen) atoms. The van der Waals surface area contributed by atoms with Gasteiger partial charge in [0.1, 0.15) is 0 Å². The number of hydrogen-bond acceptors (Lipinski definition) is 2. The monoisotopic (exact) mass is 362 g/mol. The van der Waals surface area contributed by atoms with Gasteiger partial charge in [-0.1, -0.05) is 72.8 Å². The lowest BCUT2D eigenvalue weighted by atomic mass is 9.94. The third-order valence-electron chi connectivity index (χ3n) is 4.57. The Bertz CT molecular complexity index is 749. The predicted molar refractivity (Wildman–Crippen MR) is 114 cm³/mol. The minimum atomic E-state index is 1.12. The molecule has 3 aromatic rings. The summed E-state index contributed by atoms with van der Waals surface area (Å²) in [5.41, 5.74) is 8.07. The number of rotatable bonds is 0. The molecule has 6 rings (SSSR count). The van der Waals surface area contributed by atoms with Crippen molar-refractivity contribution >= 4 is 23.5 Å². The fourth-order valence-corrected chi connectivity index (χ4v) is 5.22. The van der Waals surface area contributed by atoms with Crippen LogP contribution in [0.15, 0.2) is 72.8 Å². The van der Waals surface area contributed by atoms with Gasteiger partial charge in [-0.15, -0.1) is 0 Å². The summed E-state index contributed by atoms with van der Waals surface area (Å²) in [6.45, 7) is 0. The standard InChI is InChI=1S/C23H22S2/c1-2-5-23-21-12-8-19(9-13-21)17-25-15-3-14-24-16-18-6-10-20(11-7-18)22(23)4-1/h1-2,4-13H,3,14-17H2. The summed E-state index contributed by atoms with van der Waals surface area (Å²) >= 11 is 4.10. The normalized spacial score (nSPS) is 14.9. The van der Waals surface area contributed by atoms with E-state index < -0.39 is 0 Å². The fourth-order valence-electron chi connectivity index (χ4n) is 3.19. The van der Waals surface area contributed by atoms with Gasteiger partial charge in [-0.2, -0.15) is 23.5 Å². The highest BCUT2D eigenvalue weighted by atomic mass is 32.2. The van der Waals surface area contributed by atoms with E-state index in [2.05, 4.69) is 72.8 Å². The first-order valence-corrected chi connectivity index (χ1v) is 11.1. The van der Waals surface area contributed by atoms with Crippen molar-refractivity contribution in [2.45, 2.75) is 17.9 Å². The Morgan fingerprint density at radius 1 is 0.520 bits per heavy atom. The van der Waals surface area contributed by atoms with Gasteiger partial charge in [-0.3, -0.25) is 0 Å². The molecule has 126 valence electrons. The molecule has 0 spiro atoms. The van der Waals surface area contributed by atoms with E-state index in [-0.39, 0.29) is 0 Å². The Kier molecular flexibility index (Phi) is 5.49. The molecule has 3 heterocycles. The molecule has 2 heteroatoms. The highest BCUT2D eigenvalue weighted by Crippen LogP contribution is 2.33. The molecule has 0 nitrogen and oxygen atoms in total. The third-order valence-corrected chi connectivity index (χ3v) is 6.80. The number of benzene rings is 3. The second-order valence-electron chi connectivity index (χ2n) is 6.40. The Morgan fingerprint density at radius 3 is 1.40 bits per heavy atom. The van der Waals surface area contributed by atoms with Crippen LogP contribution in [0.1, 0.15) is 17.5 Å². The lowest BCUT2D eigenvalue weighted by Crippen LogP contribution is -1.88. The first-order valence-electron chi connectivity index (χ1n) is 8.83. The minimum Gasteiger partial charge on any atom is -0.157 e. The highest BCUT2D eigenvalue weighted by Gasteiger charge is 2.08. The van der Waals surface area contributed by atoms with Gasteiger partial charge in [0.25, 0.3) is 0 Å². The zero-order chi connectivity index (χ0) is 16.9. The second-order valence-corrected chi connectivity index (χ2v) is 8.61. The van der Waals surface area contributed by atoms with Gasteiger partial charge in [0.15, 0.2) is 0 Å². The van der Waals surface area contributed by atoms with Crippen LogP contribution in [0.25, 0.3) is 22.3 Å². The molecule has 0 N–H and O–H groups in total. The molecule has 3 aliphatic rings. The quantitative estimate of drug-likeness (QED) is 0.427. The molecule has 0 atom stereocenters. The van der Waals surface area contributed by atoms with Crippen LogP contribution < -0.4 is 0 Å². The first-order chi connectivity index (χ1) is 12.4. The average molecular weight is 363 g/mol. The van der Waals surface area contributed by atoms with Gasteiger partial charge >= 0.3 is 0 Å². The van der Waals surface area contributed by atoms with Gasteiger partial charge in [0.2, 0.25) is 0 Å². The molecule has 3 aliphatic heterocycles. The lowest BCUT2D eigenvalue weighted by Gasteiger charge is -2.11. The SMILES string of the molecule is c1ccc2c(c1)-c1ccc(cc1)CSCCCSCc1ccc-2cc1. The Balaban J connectivity index is 1.75. The van der Waals surface area contributed by atoms with Crippen molar-refractivity contribution in [2.24, 2.45) is 0 Å². The van der Waals surface area contributed by atoms with E-state index in [9.17, 15) is 0 Å². The average Bonchev–Trinajstić information content (AvgIpc) is 2.68. The molecule has 0 saturated carbocycles. The summed E-state index contributed by atoms with van der Waals surface area (Å²) in [7, 11) is 0.